The Balaban J connectivity index is 1.40. The van der Waals surface area contributed by atoms with Crippen molar-refractivity contribution in [1.82, 2.24) is 0 Å². The Bertz CT molecular complexity index is 408. The van der Waals surface area contributed by atoms with Gasteiger partial charge in [-0.2, -0.15) is 0 Å². The predicted molar refractivity (Wildman–Crippen MR) is 86.4 cm³/mol. The zero-order chi connectivity index (χ0) is 14.5. The predicted octanol–water partition coefficient (Wildman–Crippen LogP) is 5.96. The van der Waals surface area contributed by atoms with Gasteiger partial charge in [-0.15, -0.1) is 0 Å². The Morgan fingerprint density at radius 3 is 2.10 bits per heavy atom. The molecule has 0 unspecified atom stereocenters. The summed E-state index contributed by atoms with van der Waals surface area (Å²) in [5.74, 6) is 2.82. The van der Waals surface area contributed by atoms with Crippen molar-refractivity contribution < 1.29 is 4.39 Å². The van der Waals surface area contributed by atoms with Gasteiger partial charge in [-0.1, -0.05) is 25.0 Å². The molecule has 0 amide bonds. The summed E-state index contributed by atoms with van der Waals surface area (Å²) in [4.78, 5) is 0. The van der Waals surface area contributed by atoms with Crippen LogP contribution in [0.2, 0.25) is 0 Å². The van der Waals surface area contributed by atoms with Gasteiger partial charge in [0.25, 0.3) is 0 Å². The summed E-state index contributed by atoms with van der Waals surface area (Å²) in [7, 11) is 0. The van der Waals surface area contributed by atoms with Crippen LogP contribution in [-0.2, 0) is 6.42 Å². The summed E-state index contributed by atoms with van der Waals surface area (Å²) >= 11 is 0. The summed E-state index contributed by atoms with van der Waals surface area (Å²) in [6.07, 6.45) is 16.3. The zero-order valence-electron chi connectivity index (χ0n) is 13.1. The average molecular weight is 287 g/mol. The highest BCUT2D eigenvalue weighted by Gasteiger charge is 2.28. The average Bonchev–Trinajstić information content (AvgIpc) is 2.56. The van der Waals surface area contributed by atoms with E-state index in [1.165, 1.54) is 63.4 Å². The molecule has 3 rings (SSSR count). The molecule has 21 heavy (non-hydrogen) atoms. The highest BCUT2D eigenvalue weighted by Crippen LogP contribution is 2.40. The summed E-state index contributed by atoms with van der Waals surface area (Å²) in [6.45, 7) is 0. The minimum absolute atomic E-state index is 0.121. The van der Waals surface area contributed by atoms with Gasteiger partial charge in [0, 0.05) is 0 Å². The normalized spacial score (nSPS) is 27.7. The Morgan fingerprint density at radius 2 is 1.43 bits per heavy atom. The first-order chi connectivity index (χ1) is 10.3. The van der Waals surface area contributed by atoms with E-state index in [2.05, 4.69) is 6.42 Å². The highest BCUT2D eigenvalue weighted by atomic mass is 19.1. The lowest BCUT2D eigenvalue weighted by Gasteiger charge is -2.35. The van der Waals surface area contributed by atoms with Gasteiger partial charge in [0.15, 0.2) is 0 Å². The van der Waals surface area contributed by atoms with Crippen LogP contribution in [0.1, 0.15) is 63.4 Å². The first-order valence-electron chi connectivity index (χ1n) is 8.87. The summed E-state index contributed by atoms with van der Waals surface area (Å²) in [5, 5.41) is 0. The quantitative estimate of drug-likeness (QED) is 0.641. The molecule has 115 valence electrons. The first-order valence-corrected chi connectivity index (χ1v) is 8.87. The van der Waals surface area contributed by atoms with E-state index in [-0.39, 0.29) is 5.82 Å². The van der Waals surface area contributed by atoms with Gasteiger partial charge >= 0.3 is 0 Å². The molecular weight excluding hydrogens is 259 g/mol. The molecule has 1 aromatic rings. The van der Waals surface area contributed by atoms with Gasteiger partial charge in [-0.25, -0.2) is 4.39 Å². The lowest BCUT2D eigenvalue weighted by Crippen LogP contribution is -2.23. The molecule has 2 fully saturated rings. The van der Waals surface area contributed by atoms with Crippen LogP contribution in [0.5, 0.6) is 0 Å². The topological polar surface area (TPSA) is 0 Å². The van der Waals surface area contributed by atoms with Crippen molar-refractivity contribution in [2.75, 3.05) is 0 Å². The monoisotopic (exact) mass is 287 g/mol. The minimum Gasteiger partial charge on any atom is -0.207 e. The van der Waals surface area contributed by atoms with Crippen molar-refractivity contribution in [2.24, 2.45) is 17.8 Å². The molecule has 2 saturated carbocycles. The van der Waals surface area contributed by atoms with Crippen molar-refractivity contribution in [3.63, 3.8) is 0 Å². The van der Waals surface area contributed by atoms with Crippen molar-refractivity contribution in [1.29, 1.82) is 0 Å². The van der Waals surface area contributed by atoms with Crippen LogP contribution in [0.15, 0.2) is 24.3 Å². The SMILES string of the molecule is Fc1ccc(CCC2CCC(C3CC[CH]CC3)CC2)cc1. The largest absolute Gasteiger partial charge is 0.207 e. The van der Waals surface area contributed by atoms with Gasteiger partial charge in [0.1, 0.15) is 5.82 Å². The van der Waals surface area contributed by atoms with E-state index < -0.39 is 0 Å². The highest BCUT2D eigenvalue weighted by molar-refractivity contribution is 5.16. The molecule has 0 heterocycles. The van der Waals surface area contributed by atoms with Crippen molar-refractivity contribution in [3.8, 4) is 0 Å². The van der Waals surface area contributed by atoms with E-state index in [9.17, 15) is 4.39 Å². The molecule has 0 aromatic heterocycles. The van der Waals surface area contributed by atoms with Crippen LogP contribution in [0.25, 0.3) is 0 Å². The van der Waals surface area contributed by atoms with Crippen LogP contribution in [0.4, 0.5) is 4.39 Å². The third kappa shape index (κ3) is 4.31. The Hall–Kier alpha value is -0.850. The molecule has 0 bridgehead atoms. The lowest BCUT2D eigenvalue weighted by molar-refractivity contribution is 0.173. The number of aryl methyl sites for hydroxylation is 1. The molecular formula is C20H28F. The van der Waals surface area contributed by atoms with E-state index in [1.807, 2.05) is 12.1 Å². The molecule has 2 aliphatic rings. The third-order valence-electron chi connectivity index (χ3n) is 5.80. The van der Waals surface area contributed by atoms with Crippen LogP contribution in [0, 0.1) is 30.0 Å². The number of halogens is 1. The molecule has 1 radical (unpaired) electrons. The maximum absolute atomic E-state index is 12.9. The minimum atomic E-state index is -0.121. The van der Waals surface area contributed by atoms with Gasteiger partial charge in [0.05, 0.1) is 0 Å². The number of rotatable bonds is 4. The number of hydrogen-bond donors (Lipinski definition) is 0. The fraction of sp³-hybridized carbons (Fsp3) is 0.650. The molecule has 1 heteroatoms. The first kappa shape index (κ1) is 15.1. The lowest BCUT2D eigenvalue weighted by atomic mass is 9.70. The third-order valence-corrected chi connectivity index (χ3v) is 5.80. The molecule has 1 aromatic carbocycles. The summed E-state index contributed by atoms with van der Waals surface area (Å²) < 4.78 is 12.9. The van der Waals surface area contributed by atoms with Crippen molar-refractivity contribution >= 4 is 0 Å². The smallest absolute Gasteiger partial charge is 0.123 e. The summed E-state index contributed by atoms with van der Waals surface area (Å²) in [6, 6.07) is 7.07. The van der Waals surface area contributed by atoms with Gasteiger partial charge < -0.3 is 0 Å². The zero-order valence-corrected chi connectivity index (χ0v) is 13.1. The maximum atomic E-state index is 12.9. The maximum Gasteiger partial charge on any atom is 0.123 e. The van der Waals surface area contributed by atoms with Crippen LogP contribution in [0.3, 0.4) is 0 Å². The molecule has 2 aliphatic carbocycles. The van der Waals surface area contributed by atoms with Gasteiger partial charge in [-0.3, -0.25) is 0 Å². The molecule has 0 saturated heterocycles. The van der Waals surface area contributed by atoms with Crippen molar-refractivity contribution in [2.45, 2.75) is 64.2 Å². The number of hydrogen-bond acceptors (Lipinski definition) is 0. The molecule has 0 atom stereocenters. The van der Waals surface area contributed by atoms with Crippen LogP contribution < -0.4 is 0 Å². The van der Waals surface area contributed by atoms with E-state index in [0.29, 0.717) is 0 Å². The molecule has 0 spiro atoms. The number of benzene rings is 1. The van der Waals surface area contributed by atoms with E-state index in [4.69, 9.17) is 0 Å². The molecule has 0 N–H and O–H groups in total. The molecule has 0 nitrogen and oxygen atoms in total. The van der Waals surface area contributed by atoms with Gasteiger partial charge in [0.2, 0.25) is 0 Å². The second kappa shape index (κ2) is 7.42. The second-order valence-electron chi connectivity index (χ2n) is 7.15. The van der Waals surface area contributed by atoms with Crippen LogP contribution in [-0.4, -0.2) is 0 Å². The Kier molecular flexibility index (Phi) is 5.32. The fourth-order valence-electron chi connectivity index (χ4n) is 4.39. The Labute approximate surface area is 129 Å². The standard InChI is InChI=1S/C20H28F/c21-20-14-10-17(11-15-20)7-6-16-8-12-19(13-9-16)18-4-2-1-3-5-18/h1,10-11,14-16,18-19H,2-9,12-13H2. The van der Waals surface area contributed by atoms with Crippen molar-refractivity contribution in [3.05, 3.63) is 42.1 Å². The van der Waals surface area contributed by atoms with Crippen LogP contribution >= 0.6 is 0 Å². The van der Waals surface area contributed by atoms with E-state index >= 15 is 0 Å². The fourth-order valence-corrected chi connectivity index (χ4v) is 4.39. The van der Waals surface area contributed by atoms with E-state index in [0.717, 1.165) is 24.2 Å². The summed E-state index contributed by atoms with van der Waals surface area (Å²) in [5.41, 5.74) is 1.29. The van der Waals surface area contributed by atoms with Gasteiger partial charge in [-0.05, 0) is 93.2 Å². The Morgan fingerprint density at radius 1 is 0.810 bits per heavy atom. The second-order valence-corrected chi connectivity index (χ2v) is 7.15. The molecule has 0 aliphatic heterocycles. The van der Waals surface area contributed by atoms with E-state index in [1.54, 1.807) is 12.1 Å².